The van der Waals surface area contributed by atoms with Crippen LogP contribution in [0.25, 0.3) is 0 Å². The van der Waals surface area contributed by atoms with Gasteiger partial charge in [0.1, 0.15) is 5.41 Å². The van der Waals surface area contributed by atoms with E-state index in [2.05, 4.69) is 5.32 Å². The maximum atomic E-state index is 12.6. The van der Waals surface area contributed by atoms with Crippen LogP contribution in [0.1, 0.15) is 26.7 Å². The molecule has 0 aromatic heterocycles. The first-order valence-corrected chi connectivity index (χ1v) is 7.09. The number of benzene rings is 1. The summed E-state index contributed by atoms with van der Waals surface area (Å²) in [6, 6.07) is 9.43. The summed E-state index contributed by atoms with van der Waals surface area (Å²) in [5, 5.41) is 2.89. The van der Waals surface area contributed by atoms with Gasteiger partial charge in [0.25, 0.3) is 0 Å². The Morgan fingerprint density at radius 2 is 1.85 bits per heavy atom. The molecule has 0 atom stereocenters. The number of para-hydroxylation sites is 1. The monoisotopic (exact) mass is 274 g/mol. The van der Waals surface area contributed by atoms with E-state index in [9.17, 15) is 9.59 Å². The van der Waals surface area contributed by atoms with Crippen molar-refractivity contribution in [2.24, 2.45) is 11.3 Å². The van der Waals surface area contributed by atoms with Crippen molar-refractivity contribution < 1.29 is 9.59 Å². The number of hydrogen-bond donors (Lipinski definition) is 1. The van der Waals surface area contributed by atoms with E-state index in [1.165, 1.54) is 0 Å². The first-order chi connectivity index (χ1) is 9.47. The Kier molecular flexibility index (Phi) is 4.12. The van der Waals surface area contributed by atoms with Crippen LogP contribution in [-0.4, -0.2) is 25.4 Å². The molecule has 1 aromatic rings. The van der Waals surface area contributed by atoms with Gasteiger partial charge in [-0.2, -0.15) is 0 Å². The maximum Gasteiger partial charge on any atom is 0.242 e. The number of hydrogen-bond acceptors (Lipinski definition) is 2. The molecule has 0 spiro atoms. The number of anilines is 1. The standard InChI is InChI=1S/C16H22N2O2/c1-12(2)11-17-14(19)16(9-10-16)15(20)18(3)13-7-5-4-6-8-13/h4-8,12H,9-11H2,1-3H3,(H,17,19). The molecular weight excluding hydrogens is 252 g/mol. The molecule has 1 aromatic carbocycles. The van der Waals surface area contributed by atoms with Crippen molar-refractivity contribution >= 4 is 17.5 Å². The van der Waals surface area contributed by atoms with E-state index in [-0.39, 0.29) is 11.8 Å². The summed E-state index contributed by atoms with van der Waals surface area (Å²) in [5.41, 5.74) is -0.0140. The van der Waals surface area contributed by atoms with E-state index in [0.717, 1.165) is 5.69 Å². The Morgan fingerprint density at radius 1 is 1.25 bits per heavy atom. The summed E-state index contributed by atoms with van der Waals surface area (Å²) in [6.07, 6.45) is 1.29. The third-order valence-electron chi connectivity index (χ3n) is 3.71. The highest BCUT2D eigenvalue weighted by molar-refractivity contribution is 6.13. The predicted molar refractivity (Wildman–Crippen MR) is 79.4 cm³/mol. The highest BCUT2D eigenvalue weighted by Gasteiger charge is 2.57. The molecule has 0 heterocycles. The Hall–Kier alpha value is -1.84. The van der Waals surface area contributed by atoms with Gasteiger partial charge >= 0.3 is 0 Å². The van der Waals surface area contributed by atoms with Crippen molar-refractivity contribution in [1.82, 2.24) is 5.32 Å². The van der Waals surface area contributed by atoms with Gasteiger partial charge < -0.3 is 10.2 Å². The summed E-state index contributed by atoms with van der Waals surface area (Å²) >= 11 is 0. The second-order valence-corrected chi connectivity index (χ2v) is 5.89. The normalized spacial score (nSPS) is 15.8. The molecule has 0 saturated heterocycles. The van der Waals surface area contributed by atoms with Gasteiger partial charge in [0, 0.05) is 19.3 Å². The van der Waals surface area contributed by atoms with Gasteiger partial charge in [0.2, 0.25) is 11.8 Å². The number of rotatable bonds is 5. The maximum absolute atomic E-state index is 12.6. The van der Waals surface area contributed by atoms with E-state index < -0.39 is 5.41 Å². The van der Waals surface area contributed by atoms with E-state index >= 15 is 0 Å². The van der Waals surface area contributed by atoms with Crippen LogP contribution in [0.3, 0.4) is 0 Å². The summed E-state index contributed by atoms with van der Waals surface area (Å²) in [5.74, 6) is 0.153. The Bertz CT molecular complexity index is 492. The van der Waals surface area contributed by atoms with Crippen molar-refractivity contribution in [3.05, 3.63) is 30.3 Å². The molecule has 1 aliphatic carbocycles. The zero-order chi connectivity index (χ0) is 14.8. The number of nitrogens with zero attached hydrogens (tertiary/aromatic N) is 1. The Balaban J connectivity index is 2.06. The molecule has 0 bridgehead atoms. The summed E-state index contributed by atoms with van der Waals surface area (Å²) in [7, 11) is 1.73. The number of carbonyl (C=O) groups excluding carboxylic acids is 2. The van der Waals surface area contributed by atoms with Crippen molar-refractivity contribution in [1.29, 1.82) is 0 Å². The molecule has 0 unspecified atom stereocenters. The van der Waals surface area contributed by atoms with Crippen LogP contribution in [-0.2, 0) is 9.59 Å². The fraction of sp³-hybridized carbons (Fsp3) is 0.500. The van der Waals surface area contributed by atoms with Gasteiger partial charge in [-0.05, 0) is 30.9 Å². The molecule has 1 aliphatic rings. The van der Waals surface area contributed by atoms with Gasteiger partial charge in [-0.1, -0.05) is 32.0 Å². The first-order valence-electron chi connectivity index (χ1n) is 7.09. The van der Waals surface area contributed by atoms with Gasteiger partial charge in [0.15, 0.2) is 0 Å². The molecular formula is C16H22N2O2. The molecule has 1 fully saturated rings. The van der Waals surface area contributed by atoms with Gasteiger partial charge in [0.05, 0.1) is 0 Å². The third-order valence-corrected chi connectivity index (χ3v) is 3.71. The fourth-order valence-corrected chi connectivity index (χ4v) is 2.22. The molecule has 20 heavy (non-hydrogen) atoms. The summed E-state index contributed by atoms with van der Waals surface area (Å²) in [6.45, 7) is 4.69. The molecule has 2 amide bonds. The van der Waals surface area contributed by atoms with Crippen molar-refractivity contribution in [2.75, 3.05) is 18.5 Å². The molecule has 4 heteroatoms. The lowest BCUT2D eigenvalue weighted by Gasteiger charge is -2.23. The molecule has 4 nitrogen and oxygen atoms in total. The van der Waals surface area contributed by atoms with Crippen LogP contribution in [0.5, 0.6) is 0 Å². The zero-order valence-electron chi connectivity index (χ0n) is 12.3. The first kappa shape index (κ1) is 14.6. The average molecular weight is 274 g/mol. The zero-order valence-corrected chi connectivity index (χ0v) is 12.3. The molecule has 0 aliphatic heterocycles. The predicted octanol–water partition coefficient (Wildman–Crippen LogP) is 2.20. The SMILES string of the molecule is CC(C)CNC(=O)C1(C(=O)N(C)c2ccccc2)CC1. The number of carbonyl (C=O) groups is 2. The smallest absolute Gasteiger partial charge is 0.242 e. The average Bonchev–Trinajstić information content (AvgIpc) is 3.25. The van der Waals surface area contributed by atoms with Crippen LogP contribution in [0.15, 0.2) is 30.3 Å². The van der Waals surface area contributed by atoms with Crippen LogP contribution in [0, 0.1) is 11.3 Å². The Morgan fingerprint density at radius 3 is 2.35 bits per heavy atom. The minimum Gasteiger partial charge on any atom is -0.355 e. The minimum atomic E-state index is -0.834. The summed E-state index contributed by atoms with van der Waals surface area (Å²) < 4.78 is 0. The van der Waals surface area contributed by atoms with Crippen LogP contribution in [0.2, 0.25) is 0 Å². The van der Waals surface area contributed by atoms with Crippen molar-refractivity contribution in [3.8, 4) is 0 Å². The highest BCUT2D eigenvalue weighted by Crippen LogP contribution is 2.47. The lowest BCUT2D eigenvalue weighted by molar-refractivity contribution is -0.135. The van der Waals surface area contributed by atoms with E-state index in [4.69, 9.17) is 0 Å². The molecule has 1 saturated carbocycles. The van der Waals surface area contributed by atoms with Crippen LogP contribution >= 0.6 is 0 Å². The van der Waals surface area contributed by atoms with Crippen molar-refractivity contribution in [3.63, 3.8) is 0 Å². The van der Waals surface area contributed by atoms with Crippen LogP contribution < -0.4 is 10.2 Å². The lowest BCUT2D eigenvalue weighted by Crippen LogP contribution is -2.44. The number of nitrogens with one attached hydrogen (secondary N) is 1. The van der Waals surface area contributed by atoms with Gasteiger partial charge in [-0.3, -0.25) is 9.59 Å². The fourth-order valence-electron chi connectivity index (χ4n) is 2.22. The quantitative estimate of drug-likeness (QED) is 0.837. The third kappa shape index (κ3) is 2.84. The molecule has 2 rings (SSSR count). The highest BCUT2D eigenvalue weighted by atomic mass is 16.2. The van der Waals surface area contributed by atoms with Crippen molar-refractivity contribution in [2.45, 2.75) is 26.7 Å². The lowest BCUT2D eigenvalue weighted by atomic mass is 10.0. The molecule has 1 N–H and O–H groups in total. The van der Waals surface area contributed by atoms with E-state index in [0.29, 0.717) is 25.3 Å². The minimum absolute atomic E-state index is 0.107. The largest absolute Gasteiger partial charge is 0.355 e. The summed E-state index contributed by atoms with van der Waals surface area (Å²) in [4.78, 5) is 26.4. The second-order valence-electron chi connectivity index (χ2n) is 5.89. The van der Waals surface area contributed by atoms with Gasteiger partial charge in [-0.25, -0.2) is 0 Å². The molecule has 108 valence electrons. The number of amides is 2. The van der Waals surface area contributed by atoms with E-state index in [1.54, 1.807) is 11.9 Å². The van der Waals surface area contributed by atoms with Gasteiger partial charge in [-0.15, -0.1) is 0 Å². The topological polar surface area (TPSA) is 49.4 Å². The second kappa shape index (κ2) is 5.65. The molecule has 0 radical (unpaired) electrons. The van der Waals surface area contributed by atoms with E-state index in [1.807, 2.05) is 44.2 Å². The Labute approximate surface area is 120 Å². The van der Waals surface area contributed by atoms with Crippen LogP contribution in [0.4, 0.5) is 5.69 Å².